The number of benzene rings is 2. The molecule has 0 aromatic heterocycles. The molecule has 1 fully saturated rings. The predicted molar refractivity (Wildman–Crippen MR) is 112 cm³/mol. The van der Waals surface area contributed by atoms with Gasteiger partial charge in [-0.3, -0.25) is 9.69 Å². The number of anilines is 1. The van der Waals surface area contributed by atoms with Crippen LogP contribution in [0.2, 0.25) is 0 Å². The van der Waals surface area contributed by atoms with Crippen LogP contribution in [0.1, 0.15) is 18.1 Å². The van der Waals surface area contributed by atoms with Crippen LogP contribution in [0.5, 0.6) is 5.75 Å². The highest BCUT2D eigenvalue weighted by Gasteiger charge is 2.33. The Hall–Kier alpha value is -1.63. The molecule has 128 valence electrons. The summed E-state index contributed by atoms with van der Waals surface area (Å²) in [5.74, 6) is 0.696. The number of para-hydroxylation sites is 1. The molecule has 1 amide bonds. The van der Waals surface area contributed by atoms with Crippen molar-refractivity contribution < 1.29 is 9.53 Å². The number of hydrogen-bond acceptors (Lipinski definition) is 4. The number of carbonyl (C=O) groups excluding carboxylic acids is 1. The van der Waals surface area contributed by atoms with Crippen molar-refractivity contribution in [1.82, 2.24) is 0 Å². The quantitative estimate of drug-likeness (QED) is 0.465. The second kappa shape index (κ2) is 7.72. The smallest absolute Gasteiger partial charge is 0.270 e. The van der Waals surface area contributed by atoms with Gasteiger partial charge in [0.1, 0.15) is 5.75 Å². The van der Waals surface area contributed by atoms with Crippen molar-refractivity contribution in [1.29, 1.82) is 0 Å². The van der Waals surface area contributed by atoms with Crippen LogP contribution in [-0.4, -0.2) is 16.8 Å². The van der Waals surface area contributed by atoms with E-state index in [0.29, 0.717) is 15.8 Å². The van der Waals surface area contributed by atoms with Gasteiger partial charge in [0.15, 0.2) is 4.32 Å². The molecule has 1 heterocycles. The first-order valence-electron chi connectivity index (χ1n) is 7.77. The lowest BCUT2D eigenvalue weighted by atomic mass is 10.1. The van der Waals surface area contributed by atoms with E-state index in [0.717, 1.165) is 27.0 Å². The molecule has 2 aromatic carbocycles. The van der Waals surface area contributed by atoms with Gasteiger partial charge in [-0.2, -0.15) is 0 Å². The summed E-state index contributed by atoms with van der Waals surface area (Å²) in [5, 5.41) is 0. The van der Waals surface area contributed by atoms with Gasteiger partial charge in [-0.05, 0) is 65.2 Å². The number of halogens is 1. The molecule has 25 heavy (non-hydrogen) atoms. The minimum atomic E-state index is -0.0886. The third-order valence-corrected chi connectivity index (χ3v) is 5.63. The Bertz CT molecular complexity index is 879. The van der Waals surface area contributed by atoms with E-state index in [1.165, 1.54) is 11.8 Å². The molecule has 0 atom stereocenters. The normalized spacial score (nSPS) is 16.0. The Morgan fingerprint density at radius 3 is 2.72 bits per heavy atom. The fourth-order valence-electron chi connectivity index (χ4n) is 2.52. The molecule has 3 rings (SSSR count). The van der Waals surface area contributed by atoms with Crippen LogP contribution in [0, 0.1) is 6.92 Å². The van der Waals surface area contributed by atoms with Crippen molar-refractivity contribution in [3.05, 3.63) is 63.0 Å². The van der Waals surface area contributed by atoms with Crippen LogP contribution in [0.3, 0.4) is 0 Å². The number of nitrogens with zero attached hydrogens (tertiary/aromatic N) is 1. The molecule has 1 saturated heterocycles. The zero-order valence-electron chi connectivity index (χ0n) is 13.8. The molecule has 3 nitrogen and oxygen atoms in total. The Labute approximate surface area is 165 Å². The number of thioether (sulfide) groups is 1. The van der Waals surface area contributed by atoms with E-state index in [1.54, 1.807) is 4.90 Å². The van der Waals surface area contributed by atoms with E-state index in [-0.39, 0.29) is 5.91 Å². The van der Waals surface area contributed by atoms with E-state index in [1.807, 2.05) is 62.4 Å². The standard InChI is InChI=1S/C19H16BrNO2S2/c1-3-23-16-9-8-13(10-14(16)20)11-17-18(22)21(19(24)25-17)15-7-5-4-6-12(15)2/h4-11H,3H2,1-2H3/b17-11-. The summed E-state index contributed by atoms with van der Waals surface area (Å²) in [6.07, 6.45) is 1.86. The molecular weight excluding hydrogens is 418 g/mol. The average molecular weight is 434 g/mol. The number of ether oxygens (including phenoxy) is 1. The van der Waals surface area contributed by atoms with Gasteiger partial charge in [-0.25, -0.2) is 0 Å². The number of aryl methyl sites for hydroxylation is 1. The van der Waals surface area contributed by atoms with Crippen LogP contribution in [0.4, 0.5) is 5.69 Å². The van der Waals surface area contributed by atoms with Crippen LogP contribution in [-0.2, 0) is 4.79 Å². The molecule has 1 aliphatic rings. The molecule has 0 bridgehead atoms. The minimum absolute atomic E-state index is 0.0886. The number of rotatable bonds is 4. The number of hydrogen-bond donors (Lipinski definition) is 0. The fourth-order valence-corrected chi connectivity index (χ4v) is 4.32. The largest absolute Gasteiger partial charge is 0.493 e. The summed E-state index contributed by atoms with van der Waals surface area (Å²) in [6.45, 7) is 4.52. The number of carbonyl (C=O) groups is 1. The minimum Gasteiger partial charge on any atom is -0.493 e. The summed E-state index contributed by atoms with van der Waals surface area (Å²) in [7, 11) is 0. The van der Waals surface area contributed by atoms with Gasteiger partial charge in [-0.15, -0.1) is 0 Å². The SMILES string of the molecule is CCOc1ccc(/C=C2\SC(=S)N(c3ccccc3C)C2=O)cc1Br. The zero-order chi connectivity index (χ0) is 18.0. The van der Waals surface area contributed by atoms with E-state index < -0.39 is 0 Å². The molecule has 0 radical (unpaired) electrons. The topological polar surface area (TPSA) is 29.5 Å². The van der Waals surface area contributed by atoms with Gasteiger partial charge in [0.2, 0.25) is 0 Å². The van der Waals surface area contributed by atoms with Gasteiger partial charge in [-0.1, -0.05) is 48.2 Å². The van der Waals surface area contributed by atoms with E-state index in [4.69, 9.17) is 17.0 Å². The second-order valence-corrected chi connectivity index (χ2v) is 7.96. The third-order valence-electron chi connectivity index (χ3n) is 3.70. The monoisotopic (exact) mass is 433 g/mol. The molecule has 0 N–H and O–H groups in total. The first kappa shape index (κ1) is 18.2. The first-order chi connectivity index (χ1) is 12.0. The Kier molecular flexibility index (Phi) is 5.61. The molecular formula is C19H16BrNO2S2. The highest BCUT2D eigenvalue weighted by Crippen LogP contribution is 2.37. The van der Waals surface area contributed by atoms with Crippen LogP contribution in [0.15, 0.2) is 51.8 Å². The van der Waals surface area contributed by atoms with Gasteiger partial charge in [0, 0.05) is 0 Å². The summed E-state index contributed by atoms with van der Waals surface area (Å²) >= 11 is 10.3. The maximum Gasteiger partial charge on any atom is 0.270 e. The maximum absolute atomic E-state index is 12.8. The lowest BCUT2D eigenvalue weighted by Crippen LogP contribution is -2.28. The lowest BCUT2D eigenvalue weighted by molar-refractivity contribution is -0.113. The van der Waals surface area contributed by atoms with E-state index in [2.05, 4.69) is 15.9 Å². The van der Waals surface area contributed by atoms with Crippen molar-refractivity contribution in [2.75, 3.05) is 11.5 Å². The summed E-state index contributed by atoms with van der Waals surface area (Å²) in [5.41, 5.74) is 2.77. The third kappa shape index (κ3) is 3.81. The van der Waals surface area contributed by atoms with Crippen molar-refractivity contribution in [3.63, 3.8) is 0 Å². The molecule has 0 spiro atoms. The second-order valence-electron chi connectivity index (χ2n) is 5.43. The highest BCUT2D eigenvalue weighted by atomic mass is 79.9. The zero-order valence-corrected chi connectivity index (χ0v) is 17.0. The van der Waals surface area contributed by atoms with Crippen LogP contribution >= 0.6 is 39.9 Å². The van der Waals surface area contributed by atoms with Gasteiger partial charge < -0.3 is 4.74 Å². The predicted octanol–water partition coefficient (Wildman–Crippen LogP) is 5.56. The van der Waals surface area contributed by atoms with Crippen molar-refractivity contribution in [2.24, 2.45) is 0 Å². The summed E-state index contributed by atoms with van der Waals surface area (Å²) in [4.78, 5) is 15.1. The Morgan fingerprint density at radius 1 is 1.28 bits per heavy atom. The summed E-state index contributed by atoms with van der Waals surface area (Å²) in [6, 6.07) is 13.5. The van der Waals surface area contributed by atoms with Gasteiger partial charge in [0.05, 0.1) is 21.7 Å². The van der Waals surface area contributed by atoms with E-state index >= 15 is 0 Å². The molecule has 2 aromatic rings. The van der Waals surface area contributed by atoms with Crippen molar-refractivity contribution in [3.8, 4) is 5.75 Å². The van der Waals surface area contributed by atoms with Crippen LogP contribution < -0.4 is 9.64 Å². The highest BCUT2D eigenvalue weighted by molar-refractivity contribution is 9.10. The lowest BCUT2D eigenvalue weighted by Gasteiger charge is -2.16. The maximum atomic E-state index is 12.8. The van der Waals surface area contributed by atoms with Crippen LogP contribution in [0.25, 0.3) is 6.08 Å². The first-order valence-corrected chi connectivity index (χ1v) is 9.79. The van der Waals surface area contributed by atoms with Gasteiger partial charge >= 0.3 is 0 Å². The molecule has 0 saturated carbocycles. The van der Waals surface area contributed by atoms with Crippen molar-refractivity contribution in [2.45, 2.75) is 13.8 Å². The number of amides is 1. The Morgan fingerprint density at radius 2 is 2.04 bits per heavy atom. The molecule has 6 heteroatoms. The fraction of sp³-hybridized carbons (Fsp3) is 0.158. The number of thiocarbonyl (C=S) groups is 1. The molecule has 0 unspecified atom stereocenters. The summed E-state index contributed by atoms with van der Waals surface area (Å²) < 4.78 is 6.93. The van der Waals surface area contributed by atoms with Crippen molar-refractivity contribution >= 4 is 61.9 Å². The molecule has 0 aliphatic carbocycles. The average Bonchev–Trinajstić information content (AvgIpc) is 2.85. The van der Waals surface area contributed by atoms with Gasteiger partial charge in [0.25, 0.3) is 5.91 Å². The molecule has 1 aliphatic heterocycles. The Balaban J connectivity index is 1.91. The van der Waals surface area contributed by atoms with E-state index in [9.17, 15) is 4.79 Å².